The van der Waals surface area contributed by atoms with Gasteiger partial charge in [-0.2, -0.15) is 0 Å². The van der Waals surface area contributed by atoms with Gasteiger partial charge in [0.05, 0.1) is 18.2 Å². The number of aliphatic hydroxyl groups is 1. The Balaban J connectivity index is 2.66. The molecule has 1 unspecified atom stereocenters. The molecule has 22 heavy (non-hydrogen) atoms. The molecule has 5 nitrogen and oxygen atoms in total. The molecule has 0 aliphatic rings. The number of carbonyl (C=O) groups is 1. The highest BCUT2D eigenvalue weighted by Gasteiger charge is 2.25. The van der Waals surface area contributed by atoms with Gasteiger partial charge in [0.1, 0.15) is 5.75 Å². The van der Waals surface area contributed by atoms with Crippen LogP contribution in [-0.2, 0) is 4.79 Å². The summed E-state index contributed by atoms with van der Waals surface area (Å²) in [5.41, 5.74) is -0.0939. The number of nitrogens with one attached hydrogen (secondary N) is 1. The minimum absolute atomic E-state index is 0.0877. The van der Waals surface area contributed by atoms with E-state index in [2.05, 4.69) is 5.32 Å². The number of hydrogen-bond donors (Lipinski definition) is 2. The second-order valence-corrected chi connectivity index (χ2v) is 6.00. The van der Waals surface area contributed by atoms with Gasteiger partial charge in [0.2, 0.25) is 5.91 Å². The lowest BCUT2D eigenvalue weighted by Crippen LogP contribution is -2.48. The molecule has 0 radical (unpaired) electrons. The standard InChI is InChI=1S/C17H28N2O3/c1-6-19(12-17(4,5)21)13(3)16(20)18-14-8-10-15(11-9-14)22-7-2/h8-11,13,21H,6-7,12H2,1-5H3,(H,18,20). The van der Waals surface area contributed by atoms with E-state index in [1.807, 2.05) is 49.9 Å². The first-order valence-corrected chi connectivity index (χ1v) is 7.77. The number of anilines is 1. The molecule has 0 saturated heterocycles. The summed E-state index contributed by atoms with van der Waals surface area (Å²) in [6.45, 7) is 11.0. The van der Waals surface area contributed by atoms with E-state index in [1.165, 1.54) is 0 Å². The summed E-state index contributed by atoms with van der Waals surface area (Å²) in [5, 5.41) is 12.8. The van der Waals surface area contributed by atoms with E-state index in [1.54, 1.807) is 13.8 Å². The van der Waals surface area contributed by atoms with Crippen LogP contribution in [0.4, 0.5) is 5.69 Å². The second-order valence-electron chi connectivity index (χ2n) is 6.00. The molecule has 1 atom stereocenters. The topological polar surface area (TPSA) is 61.8 Å². The molecule has 1 aromatic carbocycles. The molecule has 0 aliphatic carbocycles. The Morgan fingerprint density at radius 3 is 2.36 bits per heavy atom. The molecular formula is C17H28N2O3. The van der Waals surface area contributed by atoms with Crippen LogP contribution in [0.15, 0.2) is 24.3 Å². The Bertz CT molecular complexity index is 466. The van der Waals surface area contributed by atoms with E-state index < -0.39 is 5.60 Å². The van der Waals surface area contributed by atoms with Gasteiger partial charge in [0.25, 0.3) is 0 Å². The molecule has 1 amide bonds. The number of likely N-dealkylation sites (N-methyl/N-ethyl adjacent to an activating group) is 1. The first-order valence-electron chi connectivity index (χ1n) is 7.77. The lowest BCUT2D eigenvalue weighted by atomic mass is 10.1. The molecule has 0 heterocycles. The monoisotopic (exact) mass is 308 g/mol. The van der Waals surface area contributed by atoms with Crippen molar-refractivity contribution in [1.29, 1.82) is 0 Å². The number of amides is 1. The van der Waals surface area contributed by atoms with Crippen LogP contribution in [0.25, 0.3) is 0 Å². The van der Waals surface area contributed by atoms with Gasteiger partial charge in [-0.1, -0.05) is 6.92 Å². The van der Waals surface area contributed by atoms with Crippen molar-refractivity contribution in [2.24, 2.45) is 0 Å². The zero-order chi connectivity index (χ0) is 16.8. The first-order chi connectivity index (χ1) is 10.3. The fourth-order valence-electron chi connectivity index (χ4n) is 2.23. The number of carbonyl (C=O) groups excluding carboxylic acids is 1. The van der Waals surface area contributed by atoms with Gasteiger partial charge in [-0.25, -0.2) is 0 Å². The maximum atomic E-state index is 12.3. The van der Waals surface area contributed by atoms with Gasteiger partial charge in [0, 0.05) is 12.2 Å². The highest BCUT2D eigenvalue weighted by molar-refractivity contribution is 5.94. The van der Waals surface area contributed by atoms with Gasteiger partial charge >= 0.3 is 0 Å². The Labute approximate surface area is 133 Å². The molecular weight excluding hydrogens is 280 g/mol. The minimum atomic E-state index is -0.830. The maximum Gasteiger partial charge on any atom is 0.241 e. The van der Waals surface area contributed by atoms with Crippen LogP contribution in [-0.4, -0.2) is 47.3 Å². The maximum absolute atomic E-state index is 12.3. The van der Waals surface area contributed by atoms with Crippen molar-refractivity contribution in [3.8, 4) is 5.75 Å². The van der Waals surface area contributed by atoms with Crippen molar-refractivity contribution in [2.45, 2.75) is 46.3 Å². The number of rotatable bonds is 8. The highest BCUT2D eigenvalue weighted by atomic mass is 16.5. The van der Waals surface area contributed by atoms with Gasteiger partial charge < -0.3 is 15.2 Å². The summed E-state index contributed by atoms with van der Waals surface area (Å²) < 4.78 is 5.38. The van der Waals surface area contributed by atoms with E-state index in [4.69, 9.17) is 4.74 Å². The van der Waals surface area contributed by atoms with E-state index in [-0.39, 0.29) is 11.9 Å². The van der Waals surface area contributed by atoms with Crippen molar-refractivity contribution in [3.63, 3.8) is 0 Å². The quantitative estimate of drug-likeness (QED) is 0.774. The second kappa shape index (κ2) is 8.15. The van der Waals surface area contributed by atoms with Crippen LogP contribution in [0.2, 0.25) is 0 Å². The summed E-state index contributed by atoms with van der Waals surface area (Å²) in [6, 6.07) is 6.99. The highest BCUT2D eigenvalue weighted by Crippen LogP contribution is 2.16. The smallest absolute Gasteiger partial charge is 0.241 e. The molecule has 124 valence electrons. The lowest BCUT2D eigenvalue weighted by Gasteiger charge is -2.32. The Hall–Kier alpha value is -1.59. The molecule has 0 aromatic heterocycles. The van der Waals surface area contributed by atoms with Crippen LogP contribution < -0.4 is 10.1 Å². The van der Waals surface area contributed by atoms with E-state index in [9.17, 15) is 9.90 Å². The van der Waals surface area contributed by atoms with Gasteiger partial charge in [-0.15, -0.1) is 0 Å². The van der Waals surface area contributed by atoms with E-state index in [0.29, 0.717) is 19.7 Å². The van der Waals surface area contributed by atoms with Gasteiger partial charge in [-0.3, -0.25) is 9.69 Å². The van der Waals surface area contributed by atoms with Crippen molar-refractivity contribution in [2.75, 3.05) is 25.0 Å². The molecule has 2 N–H and O–H groups in total. The fraction of sp³-hybridized carbons (Fsp3) is 0.588. The number of nitrogens with zero attached hydrogens (tertiary/aromatic N) is 1. The molecule has 0 aliphatic heterocycles. The SMILES string of the molecule is CCOc1ccc(NC(=O)C(C)N(CC)CC(C)(C)O)cc1. The Morgan fingerprint density at radius 1 is 1.32 bits per heavy atom. The fourth-order valence-corrected chi connectivity index (χ4v) is 2.23. The summed E-state index contributed by atoms with van der Waals surface area (Å²) >= 11 is 0. The van der Waals surface area contributed by atoms with Crippen molar-refractivity contribution >= 4 is 11.6 Å². The summed E-state index contributed by atoms with van der Waals surface area (Å²) in [4.78, 5) is 14.3. The first kappa shape index (κ1) is 18.5. The lowest BCUT2D eigenvalue weighted by molar-refractivity contribution is -0.121. The van der Waals surface area contributed by atoms with Crippen LogP contribution in [0.1, 0.15) is 34.6 Å². The normalized spacial score (nSPS) is 13.0. The van der Waals surface area contributed by atoms with E-state index in [0.717, 1.165) is 11.4 Å². The van der Waals surface area contributed by atoms with Crippen LogP contribution in [0.3, 0.4) is 0 Å². The van der Waals surface area contributed by atoms with Gasteiger partial charge in [-0.05, 0) is 58.5 Å². The van der Waals surface area contributed by atoms with Crippen molar-refractivity contribution < 1.29 is 14.6 Å². The molecule has 0 spiro atoms. The summed E-state index contributed by atoms with van der Waals surface area (Å²) in [6.07, 6.45) is 0. The summed E-state index contributed by atoms with van der Waals surface area (Å²) in [5.74, 6) is 0.695. The zero-order valence-corrected chi connectivity index (χ0v) is 14.2. The van der Waals surface area contributed by atoms with Crippen molar-refractivity contribution in [1.82, 2.24) is 4.90 Å². The van der Waals surface area contributed by atoms with Crippen LogP contribution in [0.5, 0.6) is 5.75 Å². The van der Waals surface area contributed by atoms with E-state index >= 15 is 0 Å². The predicted octanol–water partition coefficient (Wildman–Crippen LogP) is 2.51. The number of hydrogen-bond acceptors (Lipinski definition) is 4. The van der Waals surface area contributed by atoms with Crippen LogP contribution >= 0.6 is 0 Å². The number of ether oxygens (including phenoxy) is 1. The molecule has 5 heteroatoms. The third-order valence-corrected chi connectivity index (χ3v) is 3.36. The minimum Gasteiger partial charge on any atom is -0.494 e. The van der Waals surface area contributed by atoms with Gasteiger partial charge in [0.15, 0.2) is 0 Å². The third-order valence-electron chi connectivity index (χ3n) is 3.36. The third kappa shape index (κ3) is 6.03. The average molecular weight is 308 g/mol. The number of benzene rings is 1. The Kier molecular flexibility index (Phi) is 6.84. The van der Waals surface area contributed by atoms with Crippen LogP contribution in [0, 0.1) is 0 Å². The molecule has 1 aromatic rings. The Morgan fingerprint density at radius 2 is 1.91 bits per heavy atom. The molecule has 0 bridgehead atoms. The molecule has 0 saturated carbocycles. The average Bonchev–Trinajstić information content (AvgIpc) is 2.45. The van der Waals surface area contributed by atoms with Crippen molar-refractivity contribution in [3.05, 3.63) is 24.3 Å². The predicted molar refractivity (Wildman–Crippen MR) is 89.2 cm³/mol. The molecule has 1 rings (SSSR count). The largest absolute Gasteiger partial charge is 0.494 e. The zero-order valence-electron chi connectivity index (χ0n) is 14.2. The summed E-state index contributed by atoms with van der Waals surface area (Å²) in [7, 11) is 0. The molecule has 0 fully saturated rings.